The molecule has 0 saturated carbocycles. The summed E-state index contributed by atoms with van der Waals surface area (Å²) in [7, 11) is 1.38. The second-order valence-corrected chi connectivity index (χ2v) is 6.18. The van der Waals surface area contributed by atoms with Crippen molar-refractivity contribution in [2.75, 3.05) is 7.11 Å². The number of ether oxygens (including phenoxy) is 1. The molecule has 1 N–H and O–H groups in total. The molecule has 3 rings (SSSR count). The van der Waals surface area contributed by atoms with Crippen molar-refractivity contribution in [3.05, 3.63) is 65.4 Å². The van der Waals surface area contributed by atoms with Gasteiger partial charge in [0.2, 0.25) is 0 Å². The van der Waals surface area contributed by atoms with E-state index < -0.39 is 0 Å². The van der Waals surface area contributed by atoms with Crippen LogP contribution in [0.2, 0.25) is 0 Å². The van der Waals surface area contributed by atoms with E-state index >= 15 is 0 Å². The molecule has 3 aromatic rings. The van der Waals surface area contributed by atoms with Gasteiger partial charge in [0.05, 0.1) is 12.7 Å². The van der Waals surface area contributed by atoms with Crippen LogP contribution in [0, 0.1) is 0 Å². The van der Waals surface area contributed by atoms with Crippen LogP contribution >= 0.6 is 0 Å². The third kappa shape index (κ3) is 2.75. The quantitative estimate of drug-likeness (QED) is 0.728. The number of aromatic nitrogens is 1. The molecule has 124 valence electrons. The van der Waals surface area contributed by atoms with Crippen molar-refractivity contribution < 1.29 is 14.6 Å². The topological polar surface area (TPSA) is 51.5 Å². The first-order valence-electron chi connectivity index (χ1n) is 8.00. The average Bonchev–Trinajstić information content (AvgIpc) is 2.88. The van der Waals surface area contributed by atoms with Crippen LogP contribution in [0.15, 0.2) is 48.5 Å². The first kappa shape index (κ1) is 16.1. The smallest absolute Gasteiger partial charge is 0.340 e. The molecule has 0 saturated heterocycles. The fourth-order valence-electron chi connectivity index (χ4n) is 3.22. The van der Waals surface area contributed by atoms with Crippen molar-refractivity contribution >= 4 is 16.9 Å². The molecule has 1 heterocycles. The molecule has 0 aliphatic carbocycles. The summed E-state index contributed by atoms with van der Waals surface area (Å²) in [4.78, 5) is 12.4. The summed E-state index contributed by atoms with van der Waals surface area (Å²) in [5.74, 6) is -0.0988. The number of esters is 1. The number of methoxy groups -OCH3 is 1. The number of nitrogens with zero attached hydrogens (tertiary/aromatic N) is 1. The van der Waals surface area contributed by atoms with Crippen molar-refractivity contribution in [3.63, 3.8) is 0 Å². The molecule has 4 nitrogen and oxygen atoms in total. The molecule has 0 atom stereocenters. The van der Waals surface area contributed by atoms with Gasteiger partial charge in [-0.05, 0) is 29.7 Å². The Morgan fingerprint density at radius 2 is 1.88 bits per heavy atom. The molecule has 0 amide bonds. The van der Waals surface area contributed by atoms with Gasteiger partial charge in [0.25, 0.3) is 0 Å². The van der Waals surface area contributed by atoms with E-state index in [1.165, 1.54) is 7.11 Å². The summed E-state index contributed by atoms with van der Waals surface area (Å²) >= 11 is 0. The first-order valence-corrected chi connectivity index (χ1v) is 8.00. The molecule has 0 aliphatic heterocycles. The number of benzene rings is 2. The Bertz CT molecular complexity index is 879. The van der Waals surface area contributed by atoms with Crippen molar-refractivity contribution in [3.8, 4) is 5.75 Å². The van der Waals surface area contributed by atoms with E-state index in [1.54, 1.807) is 12.1 Å². The molecule has 4 heteroatoms. The number of phenolic OH excluding ortho intramolecular Hbond substituents is 1. The maximum Gasteiger partial charge on any atom is 0.340 e. The number of rotatable bonds is 4. The van der Waals surface area contributed by atoms with Gasteiger partial charge in [-0.2, -0.15) is 0 Å². The summed E-state index contributed by atoms with van der Waals surface area (Å²) in [6.07, 6.45) is 0. The highest BCUT2D eigenvalue weighted by Gasteiger charge is 2.25. The predicted octanol–water partition coefficient (Wildman–Crippen LogP) is 4.31. The fourth-order valence-corrected chi connectivity index (χ4v) is 3.22. The van der Waals surface area contributed by atoms with E-state index in [0.29, 0.717) is 12.1 Å². The molecule has 2 aromatic carbocycles. The Balaban J connectivity index is 2.30. The lowest BCUT2D eigenvalue weighted by molar-refractivity contribution is 0.0601. The monoisotopic (exact) mass is 323 g/mol. The molecule has 0 fully saturated rings. The Morgan fingerprint density at radius 1 is 1.17 bits per heavy atom. The third-order valence-electron chi connectivity index (χ3n) is 4.21. The lowest BCUT2D eigenvalue weighted by Crippen LogP contribution is -2.11. The van der Waals surface area contributed by atoms with E-state index in [1.807, 2.05) is 24.3 Å². The number of aromatic hydroxyl groups is 1. The van der Waals surface area contributed by atoms with Gasteiger partial charge in [0.1, 0.15) is 5.75 Å². The zero-order valence-corrected chi connectivity index (χ0v) is 14.1. The van der Waals surface area contributed by atoms with Crippen LogP contribution in [-0.4, -0.2) is 22.8 Å². The third-order valence-corrected chi connectivity index (χ3v) is 4.21. The van der Waals surface area contributed by atoms with Gasteiger partial charge >= 0.3 is 5.97 Å². The minimum Gasteiger partial charge on any atom is -0.508 e. The Hall–Kier alpha value is -2.75. The standard InChI is InChI=1S/C20H21NO3/c1-13(2)19-18(20(23)24-3)16-11-15(22)9-10-17(16)21(19)12-14-7-5-4-6-8-14/h4-11,13,22H,12H2,1-3H3. The first-order chi connectivity index (χ1) is 11.5. The summed E-state index contributed by atoms with van der Waals surface area (Å²) in [5, 5.41) is 10.6. The van der Waals surface area contributed by atoms with E-state index in [9.17, 15) is 9.90 Å². The molecule has 0 bridgehead atoms. The van der Waals surface area contributed by atoms with E-state index in [0.717, 1.165) is 22.2 Å². The van der Waals surface area contributed by atoms with Crippen LogP contribution in [0.1, 0.15) is 41.4 Å². The maximum atomic E-state index is 12.4. The van der Waals surface area contributed by atoms with E-state index in [-0.39, 0.29) is 17.6 Å². The second kappa shape index (κ2) is 6.40. The Morgan fingerprint density at radius 3 is 2.50 bits per heavy atom. The number of carbonyl (C=O) groups excluding carboxylic acids is 1. The molecule has 0 spiro atoms. The summed E-state index contributed by atoms with van der Waals surface area (Å²) in [5.41, 5.74) is 3.53. The van der Waals surface area contributed by atoms with Crippen molar-refractivity contribution in [1.29, 1.82) is 0 Å². The number of phenols is 1. The lowest BCUT2D eigenvalue weighted by atomic mass is 10.0. The lowest BCUT2D eigenvalue weighted by Gasteiger charge is -2.15. The molecule has 0 unspecified atom stereocenters. The number of hydrogen-bond donors (Lipinski definition) is 1. The Labute approximate surface area is 141 Å². The molecule has 24 heavy (non-hydrogen) atoms. The summed E-state index contributed by atoms with van der Waals surface area (Å²) < 4.78 is 7.14. The van der Waals surface area contributed by atoms with Crippen LogP contribution < -0.4 is 0 Å². The highest BCUT2D eigenvalue weighted by atomic mass is 16.5. The van der Waals surface area contributed by atoms with Crippen LogP contribution in [0.3, 0.4) is 0 Å². The highest BCUT2D eigenvalue weighted by molar-refractivity contribution is 6.06. The minimum atomic E-state index is -0.374. The summed E-state index contributed by atoms with van der Waals surface area (Å²) in [6.45, 7) is 4.77. The van der Waals surface area contributed by atoms with Gasteiger partial charge in [-0.3, -0.25) is 0 Å². The van der Waals surface area contributed by atoms with Gasteiger partial charge in [0, 0.05) is 23.1 Å². The molecule has 1 aromatic heterocycles. The van der Waals surface area contributed by atoms with Crippen LogP contribution in [-0.2, 0) is 11.3 Å². The number of fused-ring (bicyclic) bond motifs is 1. The Kier molecular flexibility index (Phi) is 4.30. The van der Waals surface area contributed by atoms with Gasteiger partial charge in [-0.25, -0.2) is 4.79 Å². The average molecular weight is 323 g/mol. The van der Waals surface area contributed by atoms with Gasteiger partial charge in [-0.15, -0.1) is 0 Å². The SMILES string of the molecule is COC(=O)c1c(C(C)C)n(Cc2ccccc2)c2ccc(O)cc12. The number of hydrogen-bond acceptors (Lipinski definition) is 3. The second-order valence-electron chi connectivity index (χ2n) is 6.18. The van der Waals surface area contributed by atoms with Crippen molar-refractivity contribution in [1.82, 2.24) is 4.57 Å². The normalized spacial score (nSPS) is 11.2. The molecule has 0 aliphatic rings. The zero-order chi connectivity index (χ0) is 17.3. The maximum absolute atomic E-state index is 12.4. The van der Waals surface area contributed by atoms with Gasteiger partial charge < -0.3 is 14.4 Å². The highest BCUT2D eigenvalue weighted by Crippen LogP contribution is 2.34. The van der Waals surface area contributed by atoms with Crippen LogP contribution in [0.4, 0.5) is 0 Å². The van der Waals surface area contributed by atoms with E-state index in [2.05, 4.69) is 30.5 Å². The van der Waals surface area contributed by atoms with Crippen LogP contribution in [0.25, 0.3) is 10.9 Å². The van der Waals surface area contributed by atoms with Gasteiger partial charge in [-0.1, -0.05) is 44.2 Å². The largest absolute Gasteiger partial charge is 0.508 e. The predicted molar refractivity (Wildman–Crippen MR) is 94.6 cm³/mol. The zero-order valence-electron chi connectivity index (χ0n) is 14.1. The number of carbonyl (C=O) groups is 1. The van der Waals surface area contributed by atoms with Crippen molar-refractivity contribution in [2.45, 2.75) is 26.3 Å². The molecular weight excluding hydrogens is 302 g/mol. The minimum absolute atomic E-state index is 0.136. The summed E-state index contributed by atoms with van der Waals surface area (Å²) in [6, 6.07) is 15.3. The molecule has 0 radical (unpaired) electrons. The van der Waals surface area contributed by atoms with Crippen LogP contribution in [0.5, 0.6) is 5.75 Å². The van der Waals surface area contributed by atoms with Crippen molar-refractivity contribution in [2.24, 2.45) is 0 Å². The van der Waals surface area contributed by atoms with E-state index in [4.69, 9.17) is 4.74 Å². The van der Waals surface area contributed by atoms with Gasteiger partial charge in [0.15, 0.2) is 0 Å². The molecular formula is C20H21NO3. The fraction of sp³-hybridized carbons (Fsp3) is 0.250.